The molecule has 1 aromatic heterocycles. The van der Waals surface area contributed by atoms with Gasteiger partial charge in [-0.3, -0.25) is 4.79 Å². The Morgan fingerprint density at radius 1 is 1.19 bits per heavy atom. The lowest BCUT2D eigenvalue weighted by atomic mass is 9.84. The first-order chi connectivity index (χ1) is 17.3. The van der Waals surface area contributed by atoms with Gasteiger partial charge in [0.1, 0.15) is 11.9 Å². The van der Waals surface area contributed by atoms with Crippen molar-refractivity contribution in [1.82, 2.24) is 10.3 Å². The number of hydrogen-bond donors (Lipinski definition) is 2. The molecule has 1 saturated carbocycles. The lowest BCUT2D eigenvalue weighted by Gasteiger charge is -2.34. The van der Waals surface area contributed by atoms with E-state index in [1.807, 2.05) is 23.1 Å². The molecule has 1 aliphatic carbocycles. The quantitative estimate of drug-likeness (QED) is 0.564. The average Bonchev–Trinajstić information content (AvgIpc) is 3.05. The molecule has 194 valence electrons. The number of benzene rings is 1. The molecule has 1 aromatic carbocycles. The second-order valence-electron chi connectivity index (χ2n) is 10.2. The van der Waals surface area contributed by atoms with E-state index < -0.39 is 12.2 Å². The first-order valence-electron chi connectivity index (χ1n) is 12.9. The monoisotopic (exact) mass is 502 g/mol. The number of nitrogens with zero attached hydrogens (tertiary/aromatic N) is 2. The van der Waals surface area contributed by atoms with Crippen molar-refractivity contribution in [3.05, 3.63) is 47.7 Å². The van der Waals surface area contributed by atoms with E-state index >= 15 is 0 Å². The number of carbonyl (C=O) groups excluding carboxylic acids is 1. The van der Waals surface area contributed by atoms with Gasteiger partial charge < -0.3 is 20.3 Å². The largest absolute Gasteiger partial charge is 0.403 e. The number of halogens is 3. The van der Waals surface area contributed by atoms with Gasteiger partial charge in [-0.2, -0.15) is 13.2 Å². The van der Waals surface area contributed by atoms with Crippen LogP contribution >= 0.6 is 0 Å². The lowest BCUT2D eigenvalue weighted by molar-refractivity contribution is -0.154. The smallest absolute Gasteiger partial charge is 0.381 e. The van der Waals surface area contributed by atoms with Crippen LogP contribution in [0.25, 0.3) is 0 Å². The number of fused-ring (bicyclic) bond motifs is 2. The van der Waals surface area contributed by atoms with Crippen LogP contribution in [0.3, 0.4) is 0 Å². The van der Waals surface area contributed by atoms with Crippen LogP contribution < -0.4 is 15.5 Å². The standard InChI is InChI=1S/C27H33F3N4O2/c1-17(27(28,29)30)32-22-9-6-18(7-10-22)26(35)34-15-20-4-2-12-31-25(20)33-23-11-8-19(14-24(23)34)21-5-3-13-36-16-21/h2,4,8,11-12,14,17-18,21-22,32H,3,5-7,9-10,13,15-16H2,1H3,(H,31,33)/t17?,18?,21-,22?/m0/s1. The van der Waals surface area contributed by atoms with Crippen molar-refractivity contribution >= 4 is 23.1 Å². The van der Waals surface area contributed by atoms with Gasteiger partial charge >= 0.3 is 6.18 Å². The van der Waals surface area contributed by atoms with Gasteiger partial charge in [-0.05, 0) is 69.2 Å². The predicted octanol–water partition coefficient (Wildman–Crippen LogP) is 5.67. The molecule has 36 heavy (non-hydrogen) atoms. The second kappa shape index (κ2) is 10.4. The van der Waals surface area contributed by atoms with Crippen molar-refractivity contribution in [1.29, 1.82) is 0 Å². The van der Waals surface area contributed by atoms with Crippen LogP contribution in [-0.2, 0) is 16.1 Å². The topological polar surface area (TPSA) is 66.5 Å². The maximum atomic E-state index is 13.9. The molecule has 0 radical (unpaired) electrons. The molecule has 6 nitrogen and oxygen atoms in total. The van der Waals surface area contributed by atoms with E-state index in [-0.39, 0.29) is 17.9 Å². The molecule has 1 saturated heterocycles. The van der Waals surface area contributed by atoms with Crippen molar-refractivity contribution in [3.63, 3.8) is 0 Å². The number of carbonyl (C=O) groups is 1. The molecule has 0 bridgehead atoms. The fourth-order valence-electron chi connectivity index (χ4n) is 5.57. The van der Waals surface area contributed by atoms with Gasteiger partial charge in [0.15, 0.2) is 0 Å². The lowest BCUT2D eigenvalue weighted by Crippen LogP contribution is -2.47. The number of hydrogen-bond acceptors (Lipinski definition) is 5. The zero-order valence-corrected chi connectivity index (χ0v) is 20.5. The van der Waals surface area contributed by atoms with Gasteiger partial charge in [0.25, 0.3) is 0 Å². The number of nitrogens with one attached hydrogen (secondary N) is 2. The maximum Gasteiger partial charge on any atom is 0.403 e. The second-order valence-corrected chi connectivity index (χ2v) is 10.2. The molecule has 1 unspecified atom stereocenters. The number of rotatable bonds is 4. The minimum absolute atomic E-state index is 0.0223. The Labute approximate surface area is 209 Å². The molecule has 2 atom stereocenters. The first kappa shape index (κ1) is 25.0. The van der Waals surface area contributed by atoms with Crippen LogP contribution in [0.2, 0.25) is 0 Å². The summed E-state index contributed by atoms with van der Waals surface area (Å²) < 4.78 is 44.6. The molecular formula is C27H33F3N4O2. The van der Waals surface area contributed by atoms with Crippen LogP contribution in [-0.4, -0.2) is 42.4 Å². The molecule has 5 rings (SSSR count). The highest BCUT2D eigenvalue weighted by atomic mass is 19.4. The Morgan fingerprint density at radius 2 is 2.00 bits per heavy atom. The Kier molecular flexibility index (Phi) is 7.21. The van der Waals surface area contributed by atoms with Crippen molar-refractivity contribution < 1.29 is 22.7 Å². The van der Waals surface area contributed by atoms with Gasteiger partial charge in [0.2, 0.25) is 5.91 Å². The first-order valence-corrected chi connectivity index (χ1v) is 12.9. The predicted molar refractivity (Wildman–Crippen MR) is 132 cm³/mol. The molecule has 2 N–H and O–H groups in total. The Bertz CT molecular complexity index is 1080. The minimum atomic E-state index is -4.27. The Morgan fingerprint density at radius 3 is 2.72 bits per heavy atom. The average molecular weight is 503 g/mol. The summed E-state index contributed by atoms with van der Waals surface area (Å²) in [6.45, 7) is 3.01. The zero-order chi connectivity index (χ0) is 25.3. The Balaban J connectivity index is 1.37. The number of amides is 1. The van der Waals surface area contributed by atoms with Gasteiger partial charge in [-0.15, -0.1) is 0 Å². The molecule has 1 amide bonds. The fourth-order valence-corrected chi connectivity index (χ4v) is 5.57. The van der Waals surface area contributed by atoms with Crippen LogP contribution in [0.1, 0.15) is 62.5 Å². The summed E-state index contributed by atoms with van der Waals surface area (Å²) in [7, 11) is 0. The van der Waals surface area contributed by atoms with E-state index in [0.29, 0.717) is 44.8 Å². The summed E-state index contributed by atoms with van der Waals surface area (Å²) in [6.07, 6.45) is 1.76. The third kappa shape index (κ3) is 5.37. The maximum absolute atomic E-state index is 13.9. The summed E-state index contributed by atoms with van der Waals surface area (Å²) in [5, 5.41) is 6.11. The summed E-state index contributed by atoms with van der Waals surface area (Å²) in [5.74, 6) is 0.824. The van der Waals surface area contributed by atoms with E-state index in [0.717, 1.165) is 54.7 Å². The third-order valence-corrected chi connectivity index (χ3v) is 7.74. The molecule has 9 heteroatoms. The fraction of sp³-hybridized carbons (Fsp3) is 0.556. The number of pyridine rings is 1. The summed E-state index contributed by atoms with van der Waals surface area (Å²) in [6, 6.07) is 8.27. The number of aromatic nitrogens is 1. The molecule has 0 spiro atoms. The van der Waals surface area contributed by atoms with E-state index in [1.54, 1.807) is 6.20 Å². The summed E-state index contributed by atoms with van der Waals surface area (Å²) >= 11 is 0. The van der Waals surface area contributed by atoms with Crippen molar-refractivity contribution in [2.24, 2.45) is 5.92 Å². The highest BCUT2D eigenvalue weighted by Gasteiger charge is 2.39. The van der Waals surface area contributed by atoms with E-state index in [2.05, 4.69) is 27.8 Å². The summed E-state index contributed by atoms with van der Waals surface area (Å²) in [5.41, 5.74) is 3.74. The third-order valence-electron chi connectivity index (χ3n) is 7.74. The molecule has 2 aromatic rings. The number of anilines is 3. The minimum Gasteiger partial charge on any atom is -0.381 e. The van der Waals surface area contributed by atoms with Gasteiger partial charge in [0.05, 0.1) is 24.5 Å². The van der Waals surface area contributed by atoms with Crippen molar-refractivity contribution in [2.75, 3.05) is 23.4 Å². The van der Waals surface area contributed by atoms with E-state index in [9.17, 15) is 18.0 Å². The molecule has 2 fully saturated rings. The van der Waals surface area contributed by atoms with Crippen LogP contribution in [0.4, 0.5) is 30.4 Å². The van der Waals surface area contributed by atoms with Crippen LogP contribution in [0.15, 0.2) is 36.5 Å². The number of alkyl halides is 3. The highest BCUT2D eigenvalue weighted by Crippen LogP contribution is 2.40. The summed E-state index contributed by atoms with van der Waals surface area (Å²) in [4.78, 5) is 20.2. The molecule has 3 heterocycles. The van der Waals surface area contributed by atoms with Gasteiger partial charge in [0, 0.05) is 36.2 Å². The van der Waals surface area contributed by atoms with Crippen molar-refractivity contribution in [3.8, 4) is 0 Å². The van der Waals surface area contributed by atoms with Gasteiger partial charge in [-0.25, -0.2) is 4.98 Å². The van der Waals surface area contributed by atoms with Crippen LogP contribution in [0, 0.1) is 5.92 Å². The SMILES string of the molecule is CC(NC1CCC(C(=O)N2Cc3cccnc3Nc3ccc([C@H]4CCCOC4)cc32)CC1)C(F)(F)F. The van der Waals surface area contributed by atoms with E-state index in [1.165, 1.54) is 0 Å². The Hall–Kier alpha value is -2.65. The molecule has 2 aliphatic heterocycles. The number of ether oxygens (including phenoxy) is 1. The molecule has 3 aliphatic rings. The molecular weight excluding hydrogens is 469 g/mol. The van der Waals surface area contributed by atoms with Gasteiger partial charge in [-0.1, -0.05) is 12.1 Å². The van der Waals surface area contributed by atoms with Crippen molar-refractivity contribution in [2.45, 2.75) is 76.2 Å². The zero-order valence-electron chi connectivity index (χ0n) is 20.5. The highest BCUT2D eigenvalue weighted by molar-refractivity contribution is 5.99. The van der Waals surface area contributed by atoms with Crippen LogP contribution in [0.5, 0.6) is 0 Å². The van der Waals surface area contributed by atoms with E-state index in [4.69, 9.17) is 4.74 Å². The normalized spacial score (nSPS) is 25.2.